The number of anilines is 1. The van der Waals surface area contributed by atoms with Crippen LogP contribution in [0.5, 0.6) is 0 Å². The van der Waals surface area contributed by atoms with E-state index in [1.807, 2.05) is 35.4 Å². The molecule has 4 heterocycles. The van der Waals surface area contributed by atoms with Gasteiger partial charge in [-0.15, -0.1) is 11.3 Å². The molecular formula is C26H30FN5OS. The lowest BCUT2D eigenvalue weighted by Gasteiger charge is -2.38. The van der Waals surface area contributed by atoms with Crippen molar-refractivity contribution in [2.45, 2.75) is 6.54 Å². The Morgan fingerprint density at radius 2 is 1.68 bits per heavy atom. The van der Waals surface area contributed by atoms with Gasteiger partial charge in [-0.2, -0.15) is 0 Å². The van der Waals surface area contributed by atoms with E-state index in [0.717, 1.165) is 75.2 Å². The summed E-state index contributed by atoms with van der Waals surface area (Å²) in [5.41, 5.74) is 0.931. The SMILES string of the molecule is O=C(CN1CCN(Cc2ccc(-c3cccc(F)c3)s2)CC1)N1CCN(c2ccccn2)CC1. The van der Waals surface area contributed by atoms with E-state index >= 15 is 0 Å². The van der Waals surface area contributed by atoms with Crippen LogP contribution in [0.3, 0.4) is 0 Å². The number of piperazine rings is 2. The first-order valence-corrected chi connectivity index (χ1v) is 12.7. The van der Waals surface area contributed by atoms with Gasteiger partial charge < -0.3 is 9.80 Å². The molecule has 2 aromatic heterocycles. The monoisotopic (exact) mass is 479 g/mol. The summed E-state index contributed by atoms with van der Waals surface area (Å²) in [5.74, 6) is 1.01. The molecule has 1 amide bonds. The molecule has 0 radical (unpaired) electrons. The second-order valence-electron chi connectivity index (χ2n) is 8.88. The zero-order chi connectivity index (χ0) is 23.3. The van der Waals surface area contributed by atoms with Gasteiger partial charge in [0, 0.05) is 74.9 Å². The van der Waals surface area contributed by atoms with Crippen LogP contribution < -0.4 is 4.90 Å². The lowest BCUT2D eigenvalue weighted by atomic mass is 10.2. The standard InChI is InChI=1S/C26H30FN5OS/c27-22-5-3-4-21(18-22)24-8-7-23(34-24)19-29-10-12-30(13-11-29)20-26(33)32-16-14-31(15-17-32)25-6-1-2-9-28-25/h1-9,18H,10-17,19-20H2. The molecular weight excluding hydrogens is 449 g/mol. The maximum Gasteiger partial charge on any atom is 0.236 e. The average Bonchev–Trinajstić information content (AvgIpc) is 3.34. The average molecular weight is 480 g/mol. The van der Waals surface area contributed by atoms with Gasteiger partial charge in [0.1, 0.15) is 11.6 Å². The first kappa shape index (κ1) is 23.0. The second kappa shape index (κ2) is 10.6. The molecule has 2 aliphatic rings. The molecule has 5 rings (SSSR count). The zero-order valence-corrected chi connectivity index (χ0v) is 20.1. The highest BCUT2D eigenvalue weighted by atomic mass is 32.1. The van der Waals surface area contributed by atoms with Gasteiger partial charge in [0.05, 0.1) is 6.54 Å². The number of nitrogens with zero attached hydrogens (tertiary/aromatic N) is 5. The Morgan fingerprint density at radius 1 is 0.882 bits per heavy atom. The van der Waals surface area contributed by atoms with E-state index in [1.54, 1.807) is 23.5 Å². The van der Waals surface area contributed by atoms with E-state index in [9.17, 15) is 9.18 Å². The predicted molar refractivity (Wildman–Crippen MR) is 134 cm³/mol. The number of aromatic nitrogens is 1. The number of amides is 1. The topological polar surface area (TPSA) is 42.9 Å². The molecule has 3 aromatic rings. The molecule has 2 aliphatic heterocycles. The van der Waals surface area contributed by atoms with E-state index in [-0.39, 0.29) is 11.7 Å². The maximum atomic E-state index is 13.5. The third-order valence-corrected chi connectivity index (χ3v) is 7.70. The summed E-state index contributed by atoms with van der Waals surface area (Å²) in [7, 11) is 0. The van der Waals surface area contributed by atoms with Crippen LogP contribution in [0.4, 0.5) is 10.2 Å². The number of pyridine rings is 1. The van der Waals surface area contributed by atoms with Crippen LogP contribution in [0.1, 0.15) is 4.88 Å². The molecule has 0 saturated carbocycles. The van der Waals surface area contributed by atoms with Crippen LogP contribution in [0.15, 0.2) is 60.8 Å². The number of thiophene rings is 1. The molecule has 8 heteroatoms. The van der Waals surface area contributed by atoms with Gasteiger partial charge in [-0.3, -0.25) is 14.6 Å². The van der Waals surface area contributed by atoms with Crippen LogP contribution in [0.25, 0.3) is 10.4 Å². The Hall–Kier alpha value is -2.81. The van der Waals surface area contributed by atoms with E-state index in [0.29, 0.717) is 6.54 Å². The van der Waals surface area contributed by atoms with Crippen LogP contribution in [-0.2, 0) is 11.3 Å². The number of hydrogen-bond acceptors (Lipinski definition) is 6. The maximum absolute atomic E-state index is 13.5. The van der Waals surface area contributed by atoms with Crippen LogP contribution in [0.2, 0.25) is 0 Å². The van der Waals surface area contributed by atoms with Gasteiger partial charge in [0.25, 0.3) is 0 Å². The fraction of sp³-hybridized carbons (Fsp3) is 0.385. The van der Waals surface area contributed by atoms with Gasteiger partial charge in [0.2, 0.25) is 5.91 Å². The summed E-state index contributed by atoms with van der Waals surface area (Å²) >= 11 is 1.73. The van der Waals surface area contributed by atoms with Crippen LogP contribution in [0, 0.1) is 5.82 Å². The summed E-state index contributed by atoms with van der Waals surface area (Å²) in [4.78, 5) is 28.6. The molecule has 0 N–H and O–H groups in total. The smallest absolute Gasteiger partial charge is 0.236 e. The summed E-state index contributed by atoms with van der Waals surface area (Å²) in [6, 6.07) is 16.9. The van der Waals surface area contributed by atoms with Gasteiger partial charge in [0.15, 0.2) is 0 Å². The molecule has 0 aliphatic carbocycles. The largest absolute Gasteiger partial charge is 0.353 e. The van der Waals surface area contributed by atoms with Crippen molar-refractivity contribution in [3.8, 4) is 10.4 Å². The van der Waals surface area contributed by atoms with Gasteiger partial charge in [-0.05, 0) is 42.0 Å². The van der Waals surface area contributed by atoms with Gasteiger partial charge in [-0.1, -0.05) is 18.2 Å². The van der Waals surface area contributed by atoms with Gasteiger partial charge in [-0.25, -0.2) is 9.37 Å². The number of benzene rings is 1. The Bertz CT molecular complexity index is 1090. The first-order chi connectivity index (χ1) is 16.6. The van der Waals surface area contributed by atoms with E-state index in [4.69, 9.17) is 0 Å². The number of rotatable bonds is 6. The Morgan fingerprint density at radius 3 is 2.41 bits per heavy atom. The summed E-state index contributed by atoms with van der Waals surface area (Å²) in [5, 5.41) is 0. The van der Waals surface area contributed by atoms with E-state index < -0.39 is 0 Å². The van der Waals surface area contributed by atoms with Crippen LogP contribution >= 0.6 is 11.3 Å². The summed E-state index contributed by atoms with van der Waals surface area (Å²) in [6.07, 6.45) is 1.81. The third-order valence-electron chi connectivity index (χ3n) is 6.58. The lowest BCUT2D eigenvalue weighted by molar-refractivity contribution is -0.133. The Labute approximate surface area is 204 Å². The minimum atomic E-state index is -0.201. The summed E-state index contributed by atoms with van der Waals surface area (Å²) < 4.78 is 13.5. The molecule has 0 spiro atoms. The highest BCUT2D eigenvalue weighted by molar-refractivity contribution is 7.15. The van der Waals surface area contributed by atoms with Gasteiger partial charge >= 0.3 is 0 Å². The van der Waals surface area contributed by atoms with Crippen molar-refractivity contribution in [3.63, 3.8) is 0 Å². The number of carbonyl (C=O) groups is 1. The van der Waals surface area contributed by atoms with E-state index in [2.05, 4.69) is 31.8 Å². The molecule has 2 saturated heterocycles. The van der Waals surface area contributed by atoms with Crippen molar-refractivity contribution >= 4 is 23.1 Å². The third kappa shape index (κ3) is 5.63. The lowest BCUT2D eigenvalue weighted by Crippen LogP contribution is -2.53. The summed E-state index contributed by atoms with van der Waals surface area (Å²) in [6.45, 7) is 8.27. The van der Waals surface area contributed by atoms with Crippen molar-refractivity contribution in [3.05, 3.63) is 71.5 Å². The number of halogens is 1. The van der Waals surface area contributed by atoms with Crippen LogP contribution in [-0.4, -0.2) is 84.5 Å². The molecule has 6 nitrogen and oxygen atoms in total. The number of carbonyl (C=O) groups excluding carboxylic acids is 1. The van der Waals surface area contributed by atoms with Crippen molar-refractivity contribution in [1.29, 1.82) is 0 Å². The number of hydrogen-bond donors (Lipinski definition) is 0. The molecule has 0 atom stereocenters. The fourth-order valence-electron chi connectivity index (χ4n) is 4.60. The van der Waals surface area contributed by atoms with E-state index in [1.165, 1.54) is 10.9 Å². The van der Waals surface area contributed by atoms with Crippen molar-refractivity contribution in [1.82, 2.24) is 19.7 Å². The second-order valence-corrected chi connectivity index (χ2v) is 10.1. The molecule has 1 aromatic carbocycles. The zero-order valence-electron chi connectivity index (χ0n) is 19.3. The van der Waals surface area contributed by atoms with Crippen molar-refractivity contribution in [2.24, 2.45) is 0 Å². The minimum absolute atomic E-state index is 0.201. The molecule has 178 valence electrons. The van der Waals surface area contributed by atoms with Crippen molar-refractivity contribution in [2.75, 3.05) is 63.8 Å². The predicted octanol–water partition coefficient (Wildman–Crippen LogP) is 3.42. The Kier molecular flexibility index (Phi) is 7.18. The highest BCUT2D eigenvalue weighted by Crippen LogP contribution is 2.29. The molecule has 2 fully saturated rings. The minimum Gasteiger partial charge on any atom is -0.353 e. The van der Waals surface area contributed by atoms with Crippen molar-refractivity contribution < 1.29 is 9.18 Å². The fourth-order valence-corrected chi connectivity index (χ4v) is 5.65. The molecule has 34 heavy (non-hydrogen) atoms. The normalized spacial score (nSPS) is 17.8. The quantitative estimate of drug-likeness (QED) is 0.542. The Balaban J connectivity index is 1.05. The molecule has 0 unspecified atom stereocenters. The molecule has 0 bridgehead atoms. The highest BCUT2D eigenvalue weighted by Gasteiger charge is 2.25. The first-order valence-electron chi connectivity index (χ1n) is 11.9.